The summed E-state index contributed by atoms with van der Waals surface area (Å²) < 4.78 is 0. The van der Waals surface area contributed by atoms with Gasteiger partial charge in [0.15, 0.2) is 0 Å². The largest absolute Gasteiger partial charge is 0.314 e. The molecule has 0 spiro atoms. The van der Waals surface area contributed by atoms with Crippen molar-refractivity contribution in [1.82, 2.24) is 5.32 Å². The third kappa shape index (κ3) is 5.11. The lowest BCUT2D eigenvalue weighted by molar-refractivity contribution is -0.0979. The molecule has 0 aliphatic heterocycles. The molecule has 2 nitrogen and oxygen atoms in total. The van der Waals surface area contributed by atoms with Gasteiger partial charge >= 0.3 is 0 Å². The molecule has 0 radical (unpaired) electrons. The summed E-state index contributed by atoms with van der Waals surface area (Å²) in [6.45, 7) is 3.31. The maximum absolute atomic E-state index is 8.00. The topological polar surface area (TPSA) is 29.1 Å². The average Bonchev–Trinajstić information content (AvgIpc) is 2.41. The smallest absolute Gasteiger partial charge is 0.106 e. The molecular formula is C14H27NO. The van der Waals surface area contributed by atoms with Gasteiger partial charge in [-0.2, -0.15) is 0 Å². The lowest BCUT2D eigenvalue weighted by Gasteiger charge is -2.27. The van der Waals surface area contributed by atoms with Crippen molar-refractivity contribution in [3.63, 3.8) is 0 Å². The fourth-order valence-electron chi connectivity index (χ4n) is 3.03. The summed E-state index contributed by atoms with van der Waals surface area (Å²) in [6, 6.07) is 0.866. The maximum Gasteiger partial charge on any atom is 0.106 e. The molecular weight excluding hydrogens is 198 g/mol. The average molecular weight is 225 g/mol. The molecule has 16 heavy (non-hydrogen) atoms. The third-order valence-electron chi connectivity index (χ3n) is 4.03. The Balaban J connectivity index is 0.000000606. The van der Waals surface area contributed by atoms with Crippen LogP contribution in [0.3, 0.4) is 0 Å². The van der Waals surface area contributed by atoms with Crippen LogP contribution in [0.4, 0.5) is 0 Å². The first-order valence-corrected chi connectivity index (χ1v) is 6.97. The fourth-order valence-corrected chi connectivity index (χ4v) is 3.03. The number of carbonyl (C=O) groups is 1. The molecule has 0 aromatic carbocycles. The molecule has 2 heteroatoms. The van der Waals surface area contributed by atoms with Crippen molar-refractivity contribution in [2.45, 2.75) is 70.3 Å². The minimum atomic E-state index is 0.866. The van der Waals surface area contributed by atoms with Crippen LogP contribution in [0.5, 0.6) is 0 Å². The van der Waals surface area contributed by atoms with Crippen LogP contribution in [-0.4, -0.2) is 19.4 Å². The predicted octanol–water partition coefficient (Wildman–Crippen LogP) is 3.30. The minimum Gasteiger partial charge on any atom is -0.314 e. The van der Waals surface area contributed by atoms with Crippen LogP contribution in [0.2, 0.25) is 0 Å². The monoisotopic (exact) mass is 225 g/mol. The van der Waals surface area contributed by atoms with E-state index in [0.717, 1.165) is 12.0 Å². The first-order chi connectivity index (χ1) is 7.95. The van der Waals surface area contributed by atoms with Gasteiger partial charge in [0.1, 0.15) is 6.79 Å². The van der Waals surface area contributed by atoms with E-state index in [1.807, 2.05) is 6.79 Å². The molecule has 2 rings (SSSR count). The summed E-state index contributed by atoms with van der Waals surface area (Å²) in [7, 11) is 0. The van der Waals surface area contributed by atoms with Gasteiger partial charge in [0.25, 0.3) is 0 Å². The molecule has 2 aliphatic carbocycles. The predicted molar refractivity (Wildman–Crippen MR) is 68.6 cm³/mol. The standard InChI is InChI=1S/C13H25N.CH2O/c1-3-7-12(8-4-1)11-14-13-9-5-2-6-10-13;1-2/h12-14H,1-11H2;1H2. The van der Waals surface area contributed by atoms with Crippen molar-refractivity contribution in [3.05, 3.63) is 0 Å². The van der Waals surface area contributed by atoms with Crippen LogP contribution in [-0.2, 0) is 4.79 Å². The summed E-state index contributed by atoms with van der Waals surface area (Å²) in [4.78, 5) is 8.00. The van der Waals surface area contributed by atoms with Crippen LogP contribution in [0.1, 0.15) is 64.2 Å². The highest BCUT2D eigenvalue weighted by molar-refractivity contribution is 5.10. The van der Waals surface area contributed by atoms with Crippen molar-refractivity contribution in [2.75, 3.05) is 6.54 Å². The Labute approximate surface area is 100 Å². The Bertz CT molecular complexity index is 142. The Hall–Kier alpha value is -0.370. The van der Waals surface area contributed by atoms with Gasteiger partial charge in [0, 0.05) is 6.04 Å². The summed E-state index contributed by atoms with van der Waals surface area (Å²) in [5, 5.41) is 3.79. The summed E-state index contributed by atoms with van der Waals surface area (Å²) in [6.07, 6.45) is 14.7. The minimum absolute atomic E-state index is 0.866. The van der Waals surface area contributed by atoms with E-state index in [9.17, 15) is 0 Å². The van der Waals surface area contributed by atoms with E-state index in [2.05, 4.69) is 5.32 Å². The number of hydrogen-bond donors (Lipinski definition) is 1. The van der Waals surface area contributed by atoms with Crippen molar-refractivity contribution in [3.8, 4) is 0 Å². The Morgan fingerprint density at radius 3 is 1.88 bits per heavy atom. The molecule has 94 valence electrons. The lowest BCUT2D eigenvalue weighted by atomic mass is 9.88. The van der Waals surface area contributed by atoms with E-state index in [4.69, 9.17) is 4.79 Å². The van der Waals surface area contributed by atoms with Gasteiger partial charge in [-0.3, -0.25) is 0 Å². The van der Waals surface area contributed by atoms with Crippen molar-refractivity contribution >= 4 is 6.79 Å². The SMILES string of the molecule is C1CCC(CNC2CCCCC2)CC1.C=O. The molecule has 0 heterocycles. The first kappa shape index (κ1) is 13.7. The van der Waals surface area contributed by atoms with Gasteiger partial charge in [0.05, 0.1) is 0 Å². The van der Waals surface area contributed by atoms with E-state index in [-0.39, 0.29) is 0 Å². The summed E-state index contributed by atoms with van der Waals surface area (Å²) in [5.74, 6) is 1.01. The van der Waals surface area contributed by atoms with Gasteiger partial charge in [-0.1, -0.05) is 38.5 Å². The lowest BCUT2D eigenvalue weighted by Crippen LogP contribution is -2.35. The van der Waals surface area contributed by atoms with Gasteiger partial charge < -0.3 is 10.1 Å². The van der Waals surface area contributed by atoms with E-state index in [1.54, 1.807) is 0 Å². The Morgan fingerprint density at radius 1 is 0.812 bits per heavy atom. The number of hydrogen-bond acceptors (Lipinski definition) is 2. The van der Waals surface area contributed by atoms with Gasteiger partial charge in [-0.25, -0.2) is 0 Å². The van der Waals surface area contributed by atoms with Crippen molar-refractivity contribution in [1.29, 1.82) is 0 Å². The zero-order valence-corrected chi connectivity index (χ0v) is 10.5. The number of rotatable bonds is 3. The third-order valence-corrected chi connectivity index (χ3v) is 4.03. The fraction of sp³-hybridized carbons (Fsp3) is 0.929. The highest BCUT2D eigenvalue weighted by atomic mass is 16.1. The second-order valence-electron chi connectivity index (χ2n) is 5.25. The second-order valence-corrected chi connectivity index (χ2v) is 5.25. The molecule has 1 N–H and O–H groups in total. The molecule has 2 saturated carbocycles. The van der Waals surface area contributed by atoms with Gasteiger partial charge in [0.2, 0.25) is 0 Å². The number of nitrogens with one attached hydrogen (secondary N) is 1. The van der Waals surface area contributed by atoms with Crippen LogP contribution in [0, 0.1) is 5.92 Å². The molecule has 0 unspecified atom stereocenters. The summed E-state index contributed by atoms with van der Waals surface area (Å²) >= 11 is 0. The van der Waals surface area contributed by atoms with Crippen molar-refractivity contribution < 1.29 is 4.79 Å². The van der Waals surface area contributed by atoms with Crippen LogP contribution >= 0.6 is 0 Å². The zero-order chi connectivity index (χ0) is 11.6. The highest BCUT2D eigenvalue weighted by Gasteiger charge is 2.16. The number of carbonyl (C=O) groups excluding carboxylic acids is 1. The van der Waals surface area contributed by atoms with Crippen LogP contribution in [0.15, 0.2) is 0 Å². The molecule has 2 fully saturated rings. The van der Waals surface area contributed by atoms with E-state index < -0.39 is 0 Å². The molecule has 0 bridgehead atoms. The maximum atomic E-state index is 8.00. The quantitative estimate of drug-likeness (QED) is 0.798. The second kappa shape index (κ2) is 8.74. The molecule has 0 saturated heterocycles. The molecule has 2 aliphatic rings. The zero-order valence-electron chi connectivity index (χ0n) is 10.5. The van der Waals surface area contributed by atoms with E-state index in [1.165, 1.54) is 70.8 Å². The van der Waals surface area contributed by atoms with Crippen LogP contribution < -0.4 is 5.32 Å². The molecule has 0 amide bonds. The van der Waals surface area contributed by atoms with Gasteiger partial charge in [-0.15, -0.1) is 0 Å². The van der Waals surface area contributed by atoms with E-state index >= 15 is 0 Å². The molecule has 0 aromatic rings. The first-order valence-electron chi connectivity index (χ1n) is 6.97. The van der Waals surface area contributed by atoms with Crippen LogP contribution in [0.25, 0.3) is 0 Å². The Kier molecular flexibility index (Phi) is 7.48. The molecule has 0 aromatic heterocycles. The van der Waals surface area contributed by atoms with E-state index in [0.29, 0.717) is 0 Å². The molecule has 0 atom stereocenters. The normalized spacial score (nSPS) is 23.5. The van der Waals surface area contributed by atoms with Crippen molar-refractivity contribution in [2.24, 2.45) is 5.92 Å². The summed E-state index contributed by atoms with van der Waals surface area (Å²) in [5.41, 5.74) is 0. The Morgan fingerprint density at radius 2 is 1.31 bits per heavy atom. The highest BCUT2D eigenvalue weighted by Crippen LogP contribution is 2.24. The van der Waals surface area contributed by atoms with Gasteiger partial charge in [-0.05, 0) is 38.1 Å².